The van der Waals surface area contributed by atoms with Crippen molar-refractivity contribution < 1.29 is 4.79 Å². The van der Waals surface area contributed by atoms with Gasteiger partial charge in [-0.3, -0.25) is 9.78 Å². The van der Waals surface area contributed by atoms with Crippen LogP contribution in [-0.4, -0.2) is 16.9 Å². The van der Waals surface area contributed by atoms with Crippen LogP contribution in [0.15, 0.2) is 60.8 Å². The topological polar surface area (TPSA) is 54.0 Å². The van der Waals surface area contributed by atoms with Crippen molar-refractivity contribution in [3.05, 3.63) is 66.4 Å². The molecule has 1 aliphatic rings. The van der Waals surface area contributed by atoms with E-state index in [1.165, 1.54) is 25.7 Å². The molecule has 2 N–H and O–H groups in total. The number of rotatable bonds is 4. The third-order valence-electron chi connectivity index (χ3n) is 4.72. The number of pyridine rings is 1. The normalized spacial score (nSPS) is 14.6. The standard InChI is InChI=1S/C21H21N3O/c25-21(19-12-3-6-15-7-5-13-22-20(15)19)24-18-11-4-10-17(14-18)23-16-8-1-2-9-16/h3-7,10-14,16,23H,1-2,8-9H2,(H,24,25). The number of amides is 1. The Morgan fingerprint density at radius 3 is 2.60 bits per heavy atom. The average Bonchev–Trinajstić information content (AvgIpc) is 3.14. The second-order valence-corrected chi connectivity index (χ2v) is 6.54. The van der Waals surface area contributed by atoms with E-state index in [0.717, 1.165) is 22.3 Å². The predicted molar refractivity (Wildman–Crippen MR) is 102 cm³/mol. The van der Waals surface area contributed by atoms with Crippen LogP contribution in [0.2, 0.25) is 0 Å². The van der Waals surface area contributed by atoms with E-state index in [2.05, 4.69) is 15.6 Å². The van der Waals surface area contributed by atoms with E-state index in [1.54, 1.807) is 6.20 Å². The maximum atomic E-state index is 12.7. The fourth-order valence-corrected chi connectivity index (χ4v) is 3.48. The van der Waals surface area contributed by atoms with Crippen LogP contribution < -0.4 is 10.6 Å². The second kappa shape index (κ2) is 6.93. The average molecular weight is 331 g/mol. The van der Waals surface area contributed by atoms with Gasteiger partial charge < -0.3 is 10.6 Å². The minimum absolute atomic E-state index is 0.137. The quantitative estimate of drug-likeness (QED) is 0.719. The molecule has 1 aliphatic carbocycles. The van der Waals surface area contributed by atoms with Crippen LogP contribution in [-0.2, 0) is 0 Å². The fraction of sp³-hybridized carbons (Fsp3) is 0.238. The van der Waals surface area contributed by atoms with Crippen molar-refractivity contribution in [1.29, 1.82) is 0 Å². The molecular formula is C21H21N3O. The number of fused-ring (bicyclic) bond motifs is 1. The summed E-state index contributed by atoms with van der Waals surface area (Å²) in [5.41, 5.74) is 3.16. The molecule has 4 heteroatoms. The molecule has 1 saturated carbocycles. The van der Waals surface area contributed by atoms with Gasteiger partial charge in [0, 0.05) is 29.0 Å². The molecule has 0 saturated heterocycles. The Morgan fingerprint density at radius 1 is 0.960 bits per heavy atom. The van der Waals surface area contributed by atoms with Crippen molar-refractivity contribution >= 4 is 28.2 Å². The summed E-state index contributed by atoms with van der Waals surface area (Å²) in [5, 5.41) is 7.52. The summed E-state index contributed by atoms with van der Waals surface area (Å²) in [4.78, 5) is 17.1. The summed E-state index contributed by atoms with van der Waals surface area (Å²) in [6.07, 6.45) is 6.74. The van der Waals surface area contributed by atoms with Crippen molar-refractivity contribution in [2.45, 2.75) is 31.7 Å². The Hall–Kier alpha value is -2.88. The molecule has 0 bridgehead atoms. The van der Waals surface area contributed by atoms with Crippen LogP contribution in [0.5, 0.6) is 0 Å². The molecule has 0 unspecified atom stereocenters. The zero-order chi connectivity index (χ0) is 17.1. The zero-order valence-corrected chi connectivity index (χ0v) is 14.0. The largest absolute Gasteiger partial charge is 0.382 e. The van der Waals surface area contributed by atoms with Crippen LogP contribution >= 0.6 is 0 Å². The molecule has 1 fully saturated rings. The molecule has 0 spiro atoms. The first-order valence-corrected chi connectivity index (χ1v) is 8.81. The van der Waals surface area contributed by atoms with Gasteiger partial charge >= 0.3 is 0 Å². The number of carbonyl (C=O) groups excluding carboxylic acids is 1. The van der Waals surface area contributed by atoms with E-state index >= 15 is 0 Å². The number of anilines is 2. The van der Waals surface area contributed by atoms with Crippen LogP contribution in [0.25, 0.3) is 10.9 Å². The lowest BCUT2D eigenvalue weighted by atomic mass is 10.1. The van der Waals surface area contributed by atoms with E-state index in [1.807, 2.05) is 54.6 Å². The molecule has 126 valence electrons. The Balaban J connectivity index is 1.54. The van der Waals surface area contributed by atoms with Crippen molar-refractivity contribution in [2.24, 2.45) is 0 Å². The molecule has 1 aromatic heterocycles. The third-order valence-corrected chi connectivity index (χ3v) is 4.72. The van der Waals surface area contributed by atoms with E-state index in [-0.39, 0.29) is 5.91 Å². The third kappa shape index (κ3) is 3.48. The number of hydrogen-bond donors (Lipinski definition) is 2. The Labute approximate surface area is 147 Å². The first kappa shape index (κ1) is 15.6. The molecule has 2 aromatic carbocycles. The highest BCUT2D eigenvalue weighted by Crippen LogP contribution is 2.24. The monoisotopic (exact) mass is 331 g/mol. The highest BCUT2D eigenvalue weighted by molar-refractivity contribution is 6.11. The molecule has 4 rings (SSSR count). The summed E-state index contributed by atoms with van der Waals surface area (Å²) < 4.78 is 0. The summed E-state index contributed by atoms with van der Waals surface area (Å²) in [6, 6.07) is 18.0. The van der Waals surface area contributed by atoms with Gasteiger partial charge in [0.2, 0.25) is 0 Å². The van der Waals surface area contributed by atoms with Crippen LogP contribution in [0, 0.1) is 0 Å². The number of nitrogens with one attached hydrogen (secondary N) is 2. The number of nitrogens with zero attached hydrogens (tertiary/aromatic N) is 1. The van der Waals surface area contributed by atoms with Gasteiger partial charge in [0.1, 0.15) is 0 Å². The van der Waals surface area contributed by atoms with Gasteiger partial charge in [-0.15, -0.1) is 0 Å². The van der Waals surface area contributed by atoms with Crippen molar-refractivity contribution in [1.82, 2.24) is 4.98 Å². The first-order chi connectivity index (χ1) is 12.3. The Morgan fingerprint density at radius 2 is 1.72 bits per heavy atom. The second-order valence-electron chi connectivity index (χ2n) is 6.54. The van der Waals surface area contributed by atoms with Gasteiger partial charge in [-0.05, 0) is 43.2 Å². The van der Waals surface area contributed by atoms with E-state index in [4.69, 9.17) is 0 Å². The predicted octanol–water partition coefficient (Wildman–Crippen LogP) is 4.84. The Bertz CT molecular complexity index is 895. The van der Waals surface area contributed by atoms with Crippen LogP contribution in [0.1, 0.15) is 36.0 Å². The van der Waals surface area contributed by atoms with Gasteiger partial charge in [-0.2, -0.15) is 0 Å². The molecule has 3 aromatic rings. The first-order valence-electron chi connectivity index (χ1n) is 8.81. The molecule has 1 amide bonds. The smallest absolute Gasteiger partial charge is 0.257 e. The molecule has 4 nitrogen and oxygen atoms in total. The number of aromatic nitrogens is 1. The van der Waals surface area contributed by atoms with E-state index < -0.39 is 0 Å². The minimum atomic E-state index is -0.137. The van der Waals surface area contributed by atoms with Gasteiger partial charge in [0.15, 0.2) is 0 Å². The summed E-state index contributed by atoms with van der Waals surface area (Å²) in [5.74, 6) is -0.137. The van der Waals surface area contributed by atoms with Crippen molar-refractivity contribution in [3.8, 4) is 0 Å². The van der Waals surface area contributed by atoms with Gasteiger partial charge in [-0.1, -0.05) is 37.1 Å². The Kier molecular flexibility index (Phi) is 4.34. The van der Waals surface area contributed by atoms with E-state index in [0.29, 0.717) is 11.6 Å². The molecule has 1 heterocycles. The zero-order valence-electron chi connectivity index (χ0n) is 14.0. The summed E-state index contributed by atoms with van der Waals surface area (Å²) >= 11 is 0. The summed E-state index contributed by atoms with van der Waals surface area (Å²) in [7, 11) is 0. The SMILES string of the molecule is O=C(Nc1cccc(NC2CCCC2)c1)c1cccc2cccnc12. The lowest BCUT2D eigenvalue weighted by Crippen LogP contribution is -2.15. The molecular weight excluding hydrogens is 310 g/mol. The van der Waals surface area contributed by atoms with Gasteiger partial charge in [0.25, 0.3) is 5.91 Å². The molecule has 0 radical (unpaired) electrons. The van der Waals surface area contributed by atoms with Gasteiger partial charge in [-0.25, -0.2) is 0 Å². The van der Waals surface area contributed by atoms with Crippen LogP contribution in [0.4, 0.5) is 11.4 Å². The number of para-hydroxylation sites is 1. The van der Waals surface area contributed by atoms with Gasteiger partial charge in [0.05, 0.1) is 11.1 Å². The fourth-order valence-electron chi connectivity index (χ4n) is 3.48. The highest BCUT2D eigenvalue weighted by atomic mass is 16.1. The van der Waals surface area contributed by atoms with Crippen molar-refractivity contribution in [2.75, 3.05) is 10.6 Å². The number of benzene rings is 2. The number of hydrogen-bond acceptors (Lipinski definition) is 3. The highest BCUT2D eigenvalue weighted by Gasteiger charge is 2.15. The number of carbonyl (C=O) groups is 1. The molecule has 25 heavy (non-hydrogen) atoms. The lowest BCUT2D eigenvalue weighted by Gasteiger charge is -2.15. The maximum Gasteiger partial charge on any atom is 0.257 e. The summed E-state index contributed by atoms with van der Waals surface area (Å²) in [6.45, 7) is 0. The minimum Gasteiger partial charge on any atom is -0.382 e. The lowest BCUT2D eigenvalue weighted by molar-refractivity contribution is 0.102. The van der Waals surface area contributed by atoms with E-state index in [9.17, 15) is 4.79 Å². The van der Waals surface area contributed by atoms with Crippen molar-refractivity contribution in [3.63, 3.8) is 0 Å². The molecule has 0 aliphatic heterocycles. The molecule has 0 atom stereocenters. The maximum absolute atomic E-state index is 12.7. The van der Waals surface area contributed by atoms with Crippen LogP contribution in [0.3, 0.4) is 0 Å².